The molecule has 5 heteroatoms. The highest BCUT2D eigenvalue weighted by atomic mass is 32.1. The average Bonchev–Trinajstić information content (AvgIpc) is 3.10. The Morgan fingerprint density at radius 3 is 2.81 bits per heavy atom. The fourth-order valence-electron chi connectivity index (χ4n) is 4.61. The number of piperidine rings is 1. The molecule has 2 atom stereocenters. The largest absolute Gasteiger partial charge is 0.326 e. The number of nitrogens with zero attached hydrogens (tertiary/aromatic N) is 2. The number of carbonyl (C=O) groups is 1. The van der Waals surface area contributed by atoms with Crippen molar-refractivity contribution in [2.75, 3.05) is 11.9 Å². The molecule has 0 radical (unpaired) electrons. The van der Waals surface area contributed by atoms with E-state index in [2.05, 4.69) is 15.6 Å². The van der Waals surface area contributed by atoms with Crippen LogP contribution in [0.4, 0.5) is 5.69 Å². The lowest BCUT2D eigenvalue weighted by Crippen LogP contribution is -2.46. The van der Waals surface area contributed by atoms with E-state index < -0.39 is 0 Å². The Balaban J connectivity index is 1.32. The predicted octanol–water partition coefficient (Wildman–Crippen LogP) is 4.79. The third-order valence-corrected chi connectivity index (χ3v) is 6.87. The van der Waals surface area contributed by atoms with Gasteiger partial charge in [-0.05, 0) is 57.2 Å². The molecule has 1 amide bonds. The van der Waals surface area contributed by atoms with E-state index in [4.69, 9.17) is 4.98 Å². The molecule has 1 saturated heterocycles. The Bertz CT molecular complexity index is 768. The molecule has 1 N–H and O–H groups in total. The van der Waals surface area contributed by atoms with Gasteiger partial charge in [0, 0.05) is 23.7 Å². The number of anilines is 1. The van der Waals surface area contributed by atoms with E-state index >= 15 is 0 Å². The highest BCUT2D eigenvalue weighted by molar-refractivity contribution is 7.09. The fraction of sp³-hybridized carbons (Fsp3) is 0.545. The van der Waals surface area contributed by atoms with Crippen molar-refractivity contribution in [2.24, 2.45) is 5.92 Å². The first-order valence-corrected chi connectivity index (χ1v) is 11.1. The molecule has 2 unspecified atom stereocenters. The van der Waals surface area contributed by atoms with Gasteiger partial charge in [0.15, 0.2) is 0 Å². The molecule has 1 aliphatic heterocycles. The number of aromatic nitrogens is 1. The second-order valence-corrected chi connectivity index (χ2v) is 8.99. The maximum atomic E-state index is 12.3. The van der Waals surface area contributed by atoms with Gasteiger partial charge in [-0.15, -0.1) is 11.3 Å². The molecule has 0 spiro atoms. The quantitative estimate of drug-likeness (QED) is 0.807. The van der Waals surface area contributed by atoms with E-state index in [1.165, 1.54) is 50.6 Å². The summed E-state index contributed by atoms with van der Waals surface area (Å²) in [6.07, 6.45) is 8.61. The minimum absolute atomic E-state index is 0.00469. The Hall–Kier alpha value is -1.72. The van der Waals surface area contributed by atoms with Gasteiger partial charge in [-0.25, -0.2) is 4.98 Å². The normalized spacial score (nSPS) is 23.0. The molecule has 1 aromatic heterocycles. The topological polar surface area (TPSA) is 45.2 Å². The monoisotopic (exact) mass is 383 g/mol. The van der Waals surface area contributed by atoms with Crippen LogP contribution in [0.15, 0.2) is 29.6 Å². The van der Waals surface area contributed by atoms with Crippen LogP contribution >= 0.6 is 11.3 Å². The number of rotatable bonds is 5. The van der Waals surface area contributed by atoms with Gasteiger partial charge in [0.25, 0.3) is 0 Å². The number of carbonyl (C=O) groups excluding carboxylic acids is 1. The van der Waals surface area contributed by atoms with Gasteiger partial charge in [0.1, 0.15) is 5.01 Å². The van der Waals surface area contributed by atoms with Gasteiger partial charge in [0.05, 0.1) is 12.1 Å². The second kappa shape index (κ2) is 8.53. The van der Waals surface area contributed by atoms with E-state index in [0.717, 1.165) is 34.9 Å². The lowest BCUT2D eigenvalue weighted by atomic mass is 9.78. The number of aryl methyl sites for hydroxylation is 1. The lowest BCUT2D eigenvalue weighted by Gasteiger charge is -2.44. The third kappa shape index (κ3) is 4.77. The van der Waals surface area contributed by atoms with E-state index in [9.17, 15) is 4.79 Å². The maximum absolute atomic E-state index is 12.3. The van der Waals surface area contributed by atoms with Crippen LogP contribution in [0.25, 0.3) is 0 Å². The minimum Gasteiger partial charge on any atom is -0.326 e. The van der Waals surface area contributed by atoms with E-state index in [0.29, 0.717) is 6.42 Å². The first-order valence-electron chi connectivity index (χ1n) is 10.2. The zero-order valence-electron chi connectivity index (χ0n) is 16.1. The highest BCUT2D eigenvalue weighted by Crippen LogP contribution is 2.36. The summed E-state index contributed by atoms with van der Waals surface area (Å²) < 4.78 is 0. The van der Waals surface area contributed by atoms with Gasteiger partial charge in [-0.3, -0.25) is 9.69 Å². The molecule has 144 valence electrons. The van der Waals surface area contributed by atoms with Crippen LogP contribution in [0.1, 0.15) is 54.8 Å². The van der Waals surface area contributed by atoms with Crippen molar-refractivity contribution in [1.82, 2.24) is 9.88 Å². The molecular formula is C22H29N3OS. The minimum atomic E-state index is 0.00469. The number of hydrogen-bond donors (Lipinski definition) is 1. The van der Waals surface area contributed by atoms with Crippen molar-refractivity contribution >= 4 is 22.9 Å². The fourth-order valence-corrected chi connectivity index (χ4v) is 5.40. The smallest absolute Gasteiger partial charge is 0.231 e. The number of nitrogens with one attached hydrogen (secondary N) is 1. The van der Waals surface area contributed by atoms with E-state index in [1.54, 1.807) is 11.3 Å². The standard InChI is InChI=1S/C22H29N3OS/c1-16-8-10-18(11-9-16)23-21(26)13-22-24-19(15-27-22)14-25-12-4-6-17-5-2-3-7-20(17)25/h8-11,15,17,20H,2-7,12-14H2,1H3,(H,23,26). The van der Waals surface area contributed by atoms with Crippen molar-refractivity contribution in [3.8, 4) is 0 Å². The number of amides is 1. The molecule has 1 saturated carbocycles. The second-order valence-electron chi connectivity index (χ2n) is 8.05. The summed E-state index contributed by atoms with van der Waals surface area (Å²) in [6, 6.07) is 8.65. The van der Waals surface area contributed by atoms with Crippen LogP contribution in [-0.4, -0.2) is 28.4 Å². The van der Waals surface area contributed by atoms with Gasteiger partial charge < -0.3 is 5.32 Å². The lowest BCUT2D eigenvalue weighted by molar-refractivity contribution is -0.115. The molecule has 4 rings (SSSR count). The van der Waals surface area contributed by atoms with Crippen LogP contribution in [0, 0.1) is 12.8 Å². The van der Waals surface area contributed by atoms with E-state index in [1.807, 2.05) is 31.2 Å². The molecule has 2 aliphatic rings. The van der Waals surface area contributed by atoms with Crippen LogP contribution in [0.2, 0.25) is 0 Å². The number of fused-ring (bicyclic) bond motifs is 1. The molecule has 4 nitrogen and oxygen atoms in total. The Morgan fingerprint density at radius 1 is 1.19 bits per heavy atom. The molecule has 1 aliphatic carbocycles. The molecule has 0 bridgehead atoms. The average molecular weight is 384 g/mol. The summed E-state index contributed by atoms with van der Waals surface area (Å²) in [5.41, 5.74) is 3.17. The van der Waals surface area contributed by atoms with Crippen LogP contribution < -0.4 is 5.32 Å². The Morgan fingerprint density at radius 2 is 1.96 bits per heavy atom. The van der Waals surface area contributed by atoms with Gasteiger partial charge in [0.2, 0.25) is 5.91 Å². The van der Waals surface area contributed by atoms with Crippen LogP contribution in [0.3, 0.4) is 0 Å². The van der Waals surface area contributed by atoms with Crippen molar-refractivity contribution in [2.45, 2.75) is 64.5 Å². The molecule has 2 fully saturated rings. The summed E-state index contributed by atoms with van der Waals surface area (Å²) in [4.78, 5) is 19.7. The van der Waals surface area contributed by atoms with Crippen LogP contribution in [-0.2, 0) is 17.8 Å². The summed E-state index contributed by atoms with van der Waals surface area (Å²) in [7, 11) is 0. The summed E-state index contributed by atoms with van der Waals surface area (Å²) in [6.45, 7) is 4.18. The maximum Gasteiger partial charge on any atom is 0.231 e. The predicted molar refractivity (Wildman–Crippen MR) is 111 cm³/mol. The van der Waals surface area contributed by atoms with Crippen molar-refractivity contribution < 1.29 is 4.79 Å². The zero-order valence-corrected chi connectivity index (χ0v) is 16.9. The van der Waals surface area contributed by atoms with Crippen LogP contribution in [0.5, 0.6) is 0 Å². The first kappa shape index (κ1) is 18.6. The molecule has 27 heavy (non-hydrogen) atoms. The number of hydrogen-bond acceptors (Lipinski definition) is 4. The number of benzene rings is 1. The number of likely N-dealkylation sites (tertiary alicyclic amines) is 1. The van der Waals surface area contributed by atoms with E-state index in [-0.39, 0.29) is 5.91 Å². The molecular weight excluding hydrogens is 354 g/mol. The first-order chi connectivity index (χ1) is 13.2. The van der Waals surface area contributed by atoms with Gasteiger partial charge in [-0.2, -0.15) is 0 Å². The van der Waals surface area contributed by atoms with Crippen molar-refractivity contribution in [3.05, 3.63) is 45.9 Å². The van der Waals surface area contributed by atoms with Crippen molar-refractivity contribution in [3.63, 3.8) is 0 Å². The highest BCUT2D eigenvalue weighted by Gasteiger charge is 2.33. The summed E-state index contributed by atoms with van der Waals surface area (Å²) >= 11 is 1.61. The Labute approximate surface area is 166 Å². The summed E-state index contributed by atoms with van der Waals surface area (Å²) in [5.74, 6) is 0.899. The molecule has 2 heterocycles. The van der Waals surface area contributed by atoms with Crippen molar-refractivity contribution in [1.29, 1.82) is 0 Å². The third-order valence-electron chi connectivity index (χ3n) is 5.97. The van der Waals surface area contributed by atoms with Gasteiger partial charge >= 0.3 is 0 Å². The summed E-state index contributed by atoms with van der Waals surface area (Å²) in [5, 5.41) is 6.01. The zero-order chi connectivity index (χ0) is 18.6. The molecule has 2 aromatic rings. The SMILES string of the molecule is Cc1ccc(NC(=O)Cc2nc(CN3CCCC4CCCCC43)cs2)cc1. The van der Waals surface area contributed by atoms with Gasteiger partial charge in [-0.1, -0.05) is 30.5 Å². The Kier molecular flexibility index (Phi) is 5.89. The number of thiazole rings is 1. The molecule has 1 aromatic carbocycles.